The van der Waals surface area contributed by atoms with Crippen molar-refractivity contribution in [2.45, 2.75) is 0 Å². The molecule has 0 aliphatic carbocycles. The van der Waals surface area contributed by atoms with Gasteiger partial charge in [-0.25, -0.2) is 4.79 Å². The van der Waals surface area contributed by atoms with Gasteiger partial charge in [-0.1, -0.05) is 18.2 Å². The Bertz CT molecular complexity index is 820. The van der Waals surface area contributed by atoms with Crippen LogP contribution in [0.1, 0.15) is 11.1 Å². The van der Waals surface area contributed by atoms with E-state index in [4.69, 9.17) is 14.7 Å². The van der Waals surface area contributed by atoms with E-state index in [1.807, 2.05) is 6.07 Å². The highest BCUT2D eigenvalue weighted by molar-refractivity contribution is 5.94. The van der Waals surface area contributed by atoms with Crippen molar-refractivity contribution in [3.05, 3.63) is 65.7 Å². The molecule has 0 unspecified atom stereocenters. The molecule has 0 saturated heterocycles. The molecular weight excluding hydrogens is 320 g/mol. The van der Waals surface area contributed by atoms with E-state index >= 15 is 0 Å². The van der Waals surface area contributed by atoms with E-state index in [1.54, 1.807) is 55.7 Å². The molecule has 6 nitrogen and oxygen atoms in total. The van der Waals surface area contributed by atoms with Gasteiger partial charge >= 0.3 is 5.97 Å². The quantitative estimate of drug-likeness (QED) is 0.647. The average molecular weight is 336 g/mol. The summed E-state index contributed by atoms with van der Waals surface area (Å²) in [4.78, 5) is 23.4. The summed E-state index contributed by atoms with van der Waals surface area (Å²) in [6, 6.07) is 15.5. The highest BCUT2D eigenvalue weighted by atomic mass is 16.5. The van der Waals surface area contributed by atoms with Gasteiger partial charge in [-0.15, -0.1) is 0 Å². The van der Waals surface area contributed by atoms with Crippen LogP contribution in [0.4, 0.5) is 5.69 Å². The summed E-state index contributed by atoms with van der Waals surface area (Å²) in [6.07, 6.45) is 2.82. The van der Waals surface area contributed by atoms with E-state index < -0.39 is 18.5 Å². The number of nitrogens with zero attached hydrogens (tertiary/aromatic N) is 1. The lowest BCUT2D eigenvalue weighted by Crippen LogP contribution is -2.20. The van der Waals surface area contributed by atoms with Crippen LogP contribution in [0.3, 0.4) is 0 Å². The Morgan fingerprint density at radius 3 is 2.64 bits per heavy atom. The van der Waals surface area contributed by atoms with Crippen molar-refractivity contribution in [3.63, 3.8) is 0 Å². The Morgan fingerprint density at radius 1 is 1.20 bits per heavy atom. The molecular formula is C19H16N2O4. The topological polar surface area (TPSA) is 88.4 Å². The predicted octanol–water partition coefficient (Wildman–Crippen LogP) is 2.76. The maximum Gasteiger partial charge on any atom is 0.331 e. The number of hydrogen-bond donors (Lipinski definition) is 1. The van der Waals surface area contributed by atoms with Gasteiger partial charge in [-0.2, -0.15) is 5.26 Å². The van der Waals surface area contributed by atoms with Crippen molar-refractivity contribution in [2.75, 3.05) is 19.0 Å². The summed E-state index contributed by atoms with van der Waals surface area (Å²) in [5.74, 6) is -0.394. The van der Waals surface area contributed by atoms with Gasteiger partial charge in [-0.05, 0) is 42.0 Å². The van der Waals surface area contributed by atoms with Gasteiger partial charge in [0.1, 0.15) is 5.75 Å². The molecule has 6 heteroatoms. The van der Waals surface area contributed by atoms with Crippen molar-refractivity contribution < 1.29 is 19.1 Å². The number of carbonyl (C=O) groups is 2. The molecule has 1 N–H and O–H groups in total. The Kier molecular flexibility index (Phi) is 6.32. The number of benzene rings is 2. The maximum atomic E-state index is 11.8. The smallest absolute Gasteiger partial charge is 0.331 e. The standard InChI is InChI=1S/C19H16N2O4/c1-24-17-8-5-14(6-9-17)7-10-19(23)25-13-18(22)21-16-4-2-3-15(11-16)12-20/h2-11H,13H2,1H3,(H,21,22). The van der Waals surface area contributed by atoms with Gasteiger partial charge in [0.05, 0.1) is 18.7 Å². The third-order valence-corrected chi connectivity index (χ3v) is 3.15. The first kappa shape index (κ1) is 17.8. The maximum absolute atomic E-state index is 11.8. The second-order valence-corrected chi connectivity index (χ2v) is 4.95. The van der Waals surface area contributed by atoms with Gasteiger partial charge < -0.3 is 14.8 Å². The van der Waals surface area contributed by atoms with Crippen LogP contribution >= 0.6 is 0 Å². The minimum absolute atomic E-state index is 0.414. The van der Waals surface area contributed by atoms with Crippen molar-refractivity contribution in [1.29, 1.82) is 5.26 Å². The summed E-state index contributed by atoms with van der Waals surface area (Å²) in [5.41, 5.74) is 1.70. The van der Waals surface area contributed by atoms with Crippen LogP contribution in [0.2, 0.25) is 0 Å². The van der Waals surface area contributed by atoms with E-state index in [0.717, 1.165) is 11.3 Å². The minimum atomic E-state index is -0.628. The molecule has 126 valence electrons. The zero-order valence-electron chi connectivity index (χ0n) is 13.6. The number of rotatable bonds is 6. The zero-order chi connectivity index (χ0) is 18.1. The number of esters is 1. The molecule has 0 bridgehead atoms. The first-order valence-corrected chi connectivity index (χ1v) is 7.39. The molecule has 0 aliphatic heterocycles. The van der Waals surface area contributed by atoms with Gasteiger partial charge in [0.15, 0.2) is 6.61 Å². The normalized spacial score (nSPS) is 10.1. The number of hydrogen-bond acceptors (Lipinski definition) is 5. The molecule has 2 rings (SSSR count). The fourth-order valence-corrected chi connectivity index (χ4v) is 1.93. The van der Waals surface area contributed by atoms with Gasteiger partial charge in [-0.3, -0.25) is 4.79 Å². The van der Waals surface area contributed by atoms with E-state index in [2.05, 4.69) is 5.32 Å². The highest BCUT2D eigenvalue weighted by Gasteiger charge is 2.06. The first-order chi connectivity index (χ1) is 12.1. The molecule has 2 aromatic carbocycles. The number of nitriles is 1. The second kappa shape index (κ2) is 8.89. The molecule has 0 atom stereocenters. The van der Waals surface area contributed by atoms with E-state index in [9.17, 15) is 9.59 Å². The number of nitrogens with one attached hydrogen (secondary N) is 1. The predicted molar refractivity (Wildman–Crippen MR) is 92.8 cm³/mol. The van der Waals surface area contributed by atoms with Crippen molar-refractivity contribution in [3.8, 4) is 11.8 Å². The van der Waals surface area contributed by atoms with E-state index in [-0.39, 0.29) is 0 Å². The van der Waals surface area contributed by atoms with Crippen LogP contribution in [-0.2, 0) is 14.3 Å². The SMILES string of the molecule is COc1ccc(C=CC(=O)OCC(=O)Nc2cccc(C#N)c2)cc1. The lowest BCUT2D eigenvalue weighted by molar-refractivity contribution is -0.142. The van der Waals surface area contributed by atoms with Crippen LogP contribution in [0.25, 0.3) is 6.08 Å². The Morgan fingerprint density at radius 2 is 1.96 bits per heavy atom. The van der Waals surface area contributed by atoms with Crippen LogP contribution in [0.5, 0.6) is 5.75 Å². The van der Waals surface area contributed by atoms with Crippen LogP contribution < -0.4 is 10.1 Å². The molecule has 0 radical (unpaired) electrons. The third-order valence-electron chi connectivity index (χ3n) is 3.15. The van der Waals surface area contributed by atoms with E-state index in [0.29, 0.717) is 11.3 Å². The summed E-state index contributed by atoms with van der Waals surface area (Å²) in [6.45, 7) is -0.414. The summed E-state index contributed by atoms with van der Waals surface area (Å²) in [5, 5.41) is 11.4. The number of amides is 1. The highest BCUT2D eigenvalue weighted by Crippen LogP contribution is 2.12. The Hall–Kier alpha value is -3.59. The van der Waals surface area contributed by atoms with Crippen LogP contribution in [0.15, 0.2) is 54.6 Å². The fourth-order valence-electron chi connectivity index (χ4n) is 1.93. The molecule has 0 saturated carbocycles. The molecule has 0 heterocycles. The molecule has 0 spiro atoms. The average Bonchev–Trinajstić information content (AvgIpc) is 2.65. The molecule has 1 amide bonds. The van der Waals surface area contributed by atoms with Gasteiger partial charge in [0, 0.05) is 11.8 Å². The largest absolute Gasteiger partial charge is 0.497 e. The molecule has 2 aromatic rings. The van der Waals surface area contributed by atoms with Crippen molar-refractivity contribution >= 4 is 23.6 Å². The zero-order valence-corrected chi connectivity index (χ0v) is 13.6. The lowest BCUT2D eigenvalue weighted by atomic mass is 10.2. The molecule has 0 aromatic heterocycles. The molecule has 0 fully saturated rings. The fraction of sp³-hybridized carbons (Fsp3) is 0.105. The number of carbonyl (C=O) groups excluding carboxylic acids is 2. The molecule has 0 aliphatic rings. The minimum Gasteiger partial charge on any atom is -0.497 e. The van der Waals surface area contributed by atoms with Crippen LogP contribution in [0, 0.1) is 11.3 Å². The lowest BCUT2D eigenvalue weighted by Gasteiger charge is -2.05. The second-order valence-electron chi connectivity index (χ2n) is 4.95. The monoisotopic (exact) mass is 336 g/mol. The summed E-state index contributed by atoms with van der Waals surface area (Å²) in [7, 11) is 1.57. The van der Waals surface area contributed by atoms with Gasteiger partial charge in [0.2, 0.25) is 0 Å². The Balaban J connectivity index is 1.81. The molecule has 25 heavy (non-hydrogen) atoms. The number of anilines is 1. The van der Waals surface area contributed by atoms with Gasteiger partial charge in [0.25, 0.3) is 5.91 Å². The summed E-state index contributed by atoms with van der Waals surface area (Å²) >= 11 is 0. The first-order valence-electron chi connectivity index (χ1n) is 7.39. The number of methoxy groups -OCH3 is 1. The van der Waals surface area contributed by atoms with Crippen LogP contribution in [-0.4, -0.2) is 25.6 Å². The third kappa shape index (κ3) is 5.84. The number of ether oxygens (including phenoxy) is 2. The van der Waals surface area contributed by atoms with Crippen molar-refractivity contribution in [1.82, 2.24) is 0 Å². The van der Waals surface area contributed by atoms with E-state index in [1.165, 1.54) is 12.1 Å². The summed E-state index contributed by atoms with van der Waals surface area (Å²) < 4.78 is 9.92. The van der Waals surface area contributed by atoms with Crippen molar-refractivity contribution in [2.24, 2.45) is 0 Å². The Labute approximate surface area is 145 Å².